The molecule has 8 heteroatoms. The summed E-state index contributed by atoms with van der Waals surface area (Å²) >= 11 is 18.1. The van der Waals surface area contributed by atoms with Crippen LogP contribution >= 0.6 is 34.8 Å². The van der Waals surface area contributed by atoms with Crippen molar-refractivity contribution < 1.29 is 19.0 Å². The van der Waals surface area contributed by atoms with Crippen LogP contribution in [-0.4, -0.2) is 23.2 Å². The van der Waals surface area contributed by atoms with Gasteiger partial charge in [0, 0.05) is 12.3 Å². The van der Waals surface area contributed by atoms with Gasteiger partial charge in [-0.15, -0.1) is 0 Å². The van der Waals surface area contributed by atoms with Gasteiger partial charge < -0.3 is 14.2 Å². The molecular formula is C17H16Cl3NO4. The predicted molar refractivity (Wildman–Crippen MR) is 97.1 cm³/mol. The van der Waals surface area contributed by atoms with Crippen molar-refractivity contribution in [3.63, 3.8) is 0 Å². The normalized spacial score (nSPS) is 12.0. The third-order valence-corrected chi connectivity index (χ3v) is 4.00. The summed E-state index contributed by atoms with van der Waals surface area (Å²) in [6.45, 7) is 5.09. The van der Waals surface area contributed by atoms with Crippen molar-refractivity contribution in [2.75, 3.05) is 0 Å². The summed E-state index contributed by atoms with van der Waals surface area (Å²) in [7, 11) is 0. The lowest BCUT2D eigenvalue weighted by Gasteiger charge is -2.17. The number of esters is 1. The van der Waals surface area contributed by atoms with Crippen LogP contribution in [0.3, 0.4) is 0 Å². The molecule has 0 saturated heterocycles. The summed E-state index contributed by atoms with van der Waals surface area (Å²) < 4.78 is 16.3. The zero-order valence-electron chi connectivity index (χ0n) is 13.8. The number of nitrogens with zero attached hydrogens (tertiary/aromatic N) is 1. The number of carbonyl (C=O) groups is 1. The van der Waals surface area contributed by atoms with Gasteiger partial charge in [0.05, 0.1) is 16.1 Å². The molecule has 25 heavy (non-hydrogen) atoms. The van der Waals surface area contributed by atoms with E-state index in [9.17, 15) is 4.79 Å². The van der Waals surface area contributed by atoms with Gasteiger partial charge in [0.2, 0.25) is 5.88 Å². The maximum Gasteiger partial charge on any atom is 0.347 e. The highest BCUT2D eigenvalue weighted by Crippen LogP contribution is 2.35. The van der Waals surface area contributed by atoms with Gasteiger partial charge in [-0.1, -0.05) is 34.8 Å². The van der Waals surface area contributed by atoms with Crippen LogP contribution in [0.1, 0.15) is 20.8 Å². The molecule has 0 radical (unpaired) electrons. The summed E-state index contributed by atoms with van der Waals surface area (Å²) in [4.78, 5) is 15.9. The third kappa shape index (κ3) is 5.39. The Morgan fingerprint density at radius 1 is 1.08 bits per heavy atom. The van der Waals surface area contributed by atoms with Crippen molar-refractivity contribution >= 4 is 40.8 Å². The van der Waals surface area contributed by atoms with Crippen LogP contribution in [0.15, 0.2) is 30.5 Å². The minimum Gasteiger partial charge on any atom is -0.477 e. The Bertz CT molecular complexity index is 768. The Morgan fingerprint density at radius 3 is 2.48 bits per heavy atom. The van der Waals surface area contributed by atoms with E-state index in [1.165, 1.54) is 12.3 Å². The zero-order valence-corrected chi connectivity index (χ0v) is 16.0. The maximum absolute atomic E-state index is 11.9. The Balaban J connectivity index is 2.17. The highest BCUT2D eigenvalue weighted by Gasteiger charge is 2.19. The first-order chi connectivity index (χ1) is 11.8. The maximum atomic E-state index is 11.9. The van der Waals surface area contributed by atoms with Gasteiger partial charge in [0.15, 0.2) is 6.10 Å². The molecule has 2 rings (SSSR count). The molecule has 0 aliphatic heterocycles. The van der Waals surface area contributed by atoms with Gasteiger partial charge in [-0.3, -0.25) is 0 Å². The lowest BCUT2D eigenvalue weighted by Crippen LogP contribution is -2.28. The van der Waals surface area contributed by atoms with E-state index in [1.54, 1.807) is 39.0 Å². The van der Waals surface area contributed by atoms with Gasteiger partial charge in [-0.05, 0) is 39.0 Å². The summed E-state index contributed by atoms with van der Waals surface area (Å²) in [6, 6.07) is 6.27. The van der Waals surface area contributed by atoms with Gasteiger partial charge in [-0.2, -0.15) is 0 Å². The molecule has 0 saturated carbocycles. The third-order valence-electron chi connectivity index (χ3n) is 2.91. The highest BCUT2D eigenvalue weighted by atomic mass is 35.5. The van der Waals surface area contributed by atoms with Crippen molar-refractivity contribution in [2.45, 2.75) is 33.0 Å². The summed E-state index contributed by atoms with van der Waals surface area (Å²) in [5.41, 5.74) is 0. The van der Waals surface area contributed by atoms with E-state index in [0.717, 1.165) is 0 Å². The first-order valence-corrected chi connectivity index (χ1v) is 8.56. The van der Waals surface area contributed by atoms with Crippen LogP contribution in [0.5, 0.6) is 17.4 Å². The molecule has 1 aromatic carbocycles. The van der Waals surface area contributed by atoms with E-state index in [4.69, 9.17) is 49.0 Å². The van der Waals surface area contributed by atoms with Crippen molar-refractivity contribution in [1.82, 2.24) is 4.98 Å². The largest absolute Gasteiger partial charge is 0.477 e. The van der Waals surface area contributed by atoms with E-state index in [1.807, 2.05) is 0 Å². The number of benzene rings is 1. The van der Waals surface area contributed by atoms with Crippen molar-refractivity contribution in [3.05, 3.63) is 45.5 Å². The molecule has 1 aromatic heterocycles. The summed E-state index contributed by atoms with van der Waals surface area (Å²) in [6.07, 6.45) is 0.406. The first kappa shape index (κ1) is 19.6. The number of hydrogen-bond acceptors (Lipinski definition) is 5. The molecule has 0 N–H and O–H groups in total. The fourth-order valence-electron chi connectivity index (χ4n) is 1.79. The van der Waals surface area contributed by atoms with Crippen LogP contribution in [0.2, 0.25) is 15.1 Å². The molecule has 5 nitrogen and oxygen atoms in total. The van der Waals surface area contributed by atoms with E-state index >= 15 is 0 Å². The second-order valence-corrected chi connectivity index (χ2v) is 6.54. The van der Waals surface area contributed by atoms with Crippen molar-refractivity contribution in [1.29, 1.82) is 0 Å². The van der Waals surface area contributed by atoms with E-state index < -0.39 is 12.1 Å². The quantitative estimate of drug-likeness (QED) is 0.590. The Kier molecular flexibility index (Phi) is 6.76. The molecule has 1 atom stereocenters. The van der Waals surface area contributed by atoms with E-state index in [0.29, 0.717) is 15.8 Å². The number of rotatable bonds is 6. The lowest BCUT2D eigenvalue weighted by atomic mass is 10.3. The Morgan fingerprint density at radius 2 is 1.80 bits per heavy atom. The fourth-order valence-corrected chi connectivity index (χ4v) is 2.24. The molecule has 1 unspecified atom stereocenters. The SMILES string of the molecule is CC(C)OC(=O)C(C)Oc1cc(Oc2nccc(Cl)c2Cl)ccc1Cl. The standard InChI is InChI=1S/C17H16Cl3NO4/c1-9(2)23-17(22)10(3)24-14-8-11(4-5-12(14)18)25-16-15(20)13(19)6-7-21-16/h4-10H,1-3H3. The molecule has 0 spiro atoms. The summed E-state index contributed by atoms with van der Waals surface area (Å²) in [5.74, 6) is 0.303. The van der Waals surface area contributed by atoms with E-state index in [-0.39, 0.29) is 22.8 Å². The summed E-state index contributed by atoms with van der Waals surface area (Å²) in [5, 5.41) is 0.833. The van der Waals surface area contributed by atoms with Crippen LogP contribution < -0.4 is 9.47 Å². The average Bonchev–Trinajstić information content (AvgIpc) is 2.54. The molecule has 0 amide bonds. The molecule has 1 heterocycles. The number of carbonyl (C=O) groups excluding carboxylic acids is 1. The van der Waals surface area contributed by atoms with Crippen LogP contribution in [-0.2, 0) is 9.53 Å². The molecule has 0 aliphatic rings. The molecule has 0 aliphatic carbocycles. The van der Waals surface area contributed by atoms with Gasteiger partial charge in [0.25, 0.3) is 0 Å². The number of halogens is 3. The van der Waals surface area contributed by atoms with Gasteiger partial charge >= 0.3 is 5.97 Å². The van der Waals surface area contributed by atoms with Gasteiger partial charge in [-0.25, -0.2) is 9.78 Å². The second kappa shape index (κ2) is 8.61. The van der Waals surface area contributed by atoms with Crippen LogP contribution in [0.25, 0.3) is 0 Å². The monoisotopic (exact) mass is 403 g/mol. The van der Waals surface area contributed by atoms with Crippen molar-refractivity contribution in [3.8, 4) is 17.4 Å². The number of ether oxygens (including phenoxy) is 3. The minimum absolute atomic E-state index is 0.148. The fraction of sp³-hybridized carbons (Fsp3) is 0.294. The molecule has 0 fully saturated rings. The van der Waals surface area contributed by atoms with Crippen molar-refractivity contribution in [2.24, 2.45) is 0 Å². The topological polar surface area (TPSA) is 57.7 Å². The molecule has 134 valence electrons. The predicted octanol–water partition coefficient (Wildman–Crippen LogP) is 5.55. The molecule has 0 bridgehead atoms. The molecular weight excluding hydrogens is 389 g/mol. The number of hydrogen-bond donors (Lipinski definition) is 0. The van der Waals surface area contributed by atoms with Crippen LogP contribution in [0.4, 0.5) is 0 Å². The number of aromatic nitrogens is 1. The number of pyridine rings is 1. The average molecular weight is 405 g/mol. The Hall–Kier alpha value is -1.69. The lowest BCUT2D eigenvalue weighted by molar-refractivity contribution is -0.154. The minimum atomic E-state index is -0.831. The zero-order chi connectivity index (χ0) is 18.6. The first-order valence-electron chi connectivity index (χ1n) is 7.42. The smallest absolute Gasteiger partial charge is 0.347 e. The van der Waals surface area contributed by atoms with E-state index in [2.05, 4.69) is 4.98 Å². The highest BCUT2D eigenvalue weighted by molar-refractivity contribution is 6.42. The second-order valence-electron chi connectivity index (χ2n) is 5.35. The molecule has 2 aromatic rings. The van der Waals surface area contributed by atoms with Gasteiger partial charge in [0.1, 0.15) is 16.5 Å². The Labute approximate surface area is 160 Å². The van der Waals surface area contributed by atoms with Crippen LogP contribution in [0, 0.1) is 0 Å².